The predicted octanol–water partition coefficient (Wildman–Crippen LogP) is 4.13. The van der Waals surface area contributed by atoms with Gasteiger partial charge < -0.3 is 5.32 Å². The van der Waals surface area contributed by atoms with Crippen LogP contribution >= 0.6 is 11.8 Å². The van der Waals surface area contributed by atoms with Crippen molar-refractivity contribution < 1.29 is 9.72 Å². The number of para-hydroxylation sites is 1. The van der Waals surface area contributed by atoms with E-state index in [-0.39, 0.29) is 17.3 Å². The van der Waals surface area contributed by atoms with E-state index in [1.165, 1.54) is 23.9 Å². The maximum Gasteiger partial charge on any atom is 0.269 e. The number of carbonyl (C=O) groups excluding carboxylic acids is 1. The summed E-state index contributed by atoms with van der Waals surface area (Å²) < 4.78 is 1.95. The highest BCUT2D eigenvalue weighted by Gasteiger charge is 2.13. The molecular weight excluding hydrogens is 364 g/mol. The molecule has 0 aliphatic rings. The molecule has 3 rings (SSSR count). The molecule has 1 amide bonds. The molecule has 0 spiro atoms. The Morgan fingerprint density at radius 3 is 2.70 bits per heavy atom. The smallest absolute Gasteiger partial charge is 0.269 e. The van der Waals surface area contributed by atoms with Crippen molar-refractivity contribution in [3.63, 3.8) is 0 Å². The van der Waals surface area contributed by atoms with Gasteiger partial charge in [-0.1, -0.05) is 30.0 Å². The van der Waals surface area contributed by atoms with Crippen LogP contribution in [0.3, 0.4) is 0 Å². The molecule has 138 valence electrons. The first-order valence-electron chi connectivity index (χ1n) is 8.23. The van der Waals surface area contributed by atoms with Gasteiger partial charge in [-0.15, -0.1) is 0 Å². The number of aryl methyl sites for hydroxylation is 2. The third kappa shape index (κ3) is 4.35. The molecule has 0 atom stereocenters. The number of nitrogens with zero attached hydrogens (tertiary/aromatic N) is 3. The zero-order valence-electron chi connectivity index (χ0n) is 14.9. The van der Waals surface area contributed by atoms with E-state index in [1.54, 1.807) is 19.2 Å². The Kier molecular flexibility index (Phi) is 5.56. The van der Waals surface area contributed by atoms with Crippen LogP contribution in [0.2, 0.25) is 0 Å². The lowest BCUT2D eigenvalue weighted by atomic mass is 10.2. The second-order valence-electron chi connectivity index (χ2n) is 5.96. The molecule has 0 unspecified atom stereocenters. The number of imidazole rings is 1. The van der Waals surface area contributed by atoms with Gasteiger partial charge in [-0.25, -0.2) is 4.98 Å². The van der Waals surface area contributed by atoms with Crippen LogP contribution in [-0.4, -0.2) is 26.1 Å². The molecule has 7 nitrogen and oxygen atoms in total. The van der Waals surface area contributed by atoms with Gasteiger partial charge in [0.15, 0.2) is 5.16 Å². The van der Waals surface area contributed by atoms with Gasteiger partial charge >= 0.3 is 0 Å². The normalized spacial score (nSPS) is 10.6. The Morgan fingerprint density at radius 1 is 1.22 bits per heavy atom. The number of nitro benzene ring substituents is 1. The van der Waals surface area contributed by atoms with E-state index in [4.69, 9.17) is 0 Å². The van der Waals surface area contributed by atoms with Crippen molar-refractivity contribution in [3.05, 3.63) is 76.1 Å². The quantitative estimate of drug-likeness (QED) is 0.393. The molecule has 0 bridgehead atoms. The van der Waals surface area contributed by atoms with Crippen LogP contribution in [0.5, 0.6) is 0 Å². The third-order valence-electron chi connectivity index (χ3n) is 4.01. The Labute approximate surface area is 160 Å². The first-order chi connectivity index (χ1) is 13.0. The lowest BCUT2D eigenvalue weighted by molar-refractivity contribution is -0.384. The number of carbonyl (C=O) groups is 1. The first kappa shape index (κ1) is 18.7. The highest BCUT2D eigenvalue weighted by Crippen LogP contribution is 2.24. The van der Waals surface area contributed by atoms with E-state index in [1.807, 2.05) is 42.0 Å². The zero-order chi connectivity index (χ0) is 19.4. The Hall–Kier alpha value is -3.13. The second kappa shape index (κ2) is 8.05. The summed E-state index contributed by atoms with van der Waals surface area (Å²) in [6.45, 7) is 3.74. The summed E-state index contributed by atoms with van der Waals surface area (Å²) in [4.78, 5) is 27.0. The maximum absolute atomic E-state index is 12.3. The van der Waals surface area contributed by atoms with Gasteiger partial charge in [-0.05, 0) is 37.1 Å². The number of benzene rings is 2. The standard InChI is InChI=1S/C19H18N4O3S/c1-13-5-3-4-6-17(13)22-10-9-20-19(22)27-12-18(24)21-16-8-7-15(23(25)26)11-14(16)2/h3-11H,12H2,1-2H3,(H,21,24). The highest BCUT2D eigenvalue weighted by molar-refractivity contribution is 7.99. The number of aromatic nitrogens is 2. The summed E-state index contributed by atoms with van der Waals surface area (Å²) in [5.41, 5.74) is 3.34. The van der Waals surface area contributed by atoms with Gasteiger partial charge in [0.1, 0.15) is 0 Å². The summed E-state index contributed by atoms with van der Waals surface area (Å²) in [6, 6.07) is 12.3. The van der Waals surface area contributed by atoms with Gasteiger partial charge in [0, 0.05) is 30.2 Å². The van der Waals surface area contributed by atoms with Gasteiger partial charge in [0.2, 0.25) is 5.91 Å². The molecule has 0 aliphatic carbocycles. The minimum Gasteiger partial charge on any atom is -0.325 e. The Bertz CT molecular complexity index is 1000. The molecule has 0 aliphatic heterocycles. The lowest BCUT2D eigenvalue weighted by Crippen LogP contribution is -2.15. The number of nitro groups is 1. The van der Waals surface area contributed by atoms with Crippen molar-refractivity contribution in [3.8, 4) is 5.69 Å². The van der Waals surface area contributed by atoms with Gasteiger partial charge in [0.25, 0.3) is 5.69 Å². The topological polar surface area (TPSA) is 90.1 Å². The molecule has 2 aromatic carbocycles. The number of nitrogens with one attached hydrogen (secondary N) is 1. The third-order valence-corrected chi connectivity index (χ3v) is 4.98. The van der Waals surface area contributed by atoms with Crippen LogP contribution in [0.25, 0.3) is 5.69 Å². The van der Waals surface area contributed by atoms with E-state index < -0.39 is 4.92 Å². The number of amides is 1. The number of non-ortho nitro benzene ring substituents is 1. The van der Waals surface area contributed by atoms with Crippen molar-refractivity contribution in [2.75, 3.05) is 11.1 Å². The van der Waals surface area contributed by atoms with E-state index in [9.17, 15) is 14.9 Å². The van der Waals surface area contributed by atoms with Gasteiger partial charge in [-0.2, -0.15) is 0 Å². The maximum atomic E-state index is 12.3. The van der Waals surface area contributed by atoms with Crippen LogP contribution < -0.4 is 5.32 Å². The van der Waals surface area contributed by atoms with Crippen molar-refractivity contribution in [1.29, 1.82) is 0 Å². The fourth-order valence-corrected chi connectivity index (χ4v) is 3.40. The monoisotopic (exact) mass is 382 g/mol. The zero-order valence-corrected chi connectivity index (χ0v) is 15.7. The van der Waals surface area contributed by atoms with Crippen LogP contribution in [0.4, 0.5) is 11.4 Å². The molecule has 1 heterocycles. The largest absolute Gasteiger partial charge is 0.325 e. The summed E-state index contributed by atoms with van der Waals surface area (Å²) in [5.74, 6) is -0.0180. The van der Waals surface area contributed by atoms with Gasteiger partial charge in [0.05, 0.1) is 16.4 Å². The number of hydrogen-bond donors (Lipinski definition) is 1. The minimum absolute atomic E-state index is 0.000122. The van der Waals surface area contributed by atoms with Crippen molar-refractivity contribution in [2.24, 2.45) is 0 Å². The van der Waals surface area contributed by atoms with Crippen molar-refractivity contribution in [1.82, 2.24) is 9.55 Å². The summed E-state index contributed by atoms with van der Waals surface area (Å²) >= 11 is 1.33. The summed E-state index contributed by atoms with van der Waals surface area (Å²) in [6.07, 6.45) is 3.57. The SMILES string of the molecule is Cc1cc([N+](=O)[O-])ccc1NC(=O)CSc1nccn1-c1ccccc1C. The van der Waals surface area contributed by atoms with E-state index in [2.05, 4.69) is 10.3 Å². The number of anilines is 1. The van der Waals surface area contributed by atoms with Crippen molar-refractivity contribution >= 4 is 29.0 Å². The molecule has 27 heavy (non-hydrogen) atoms. The minimum atomic E-state index is -0.458. The lowest BCUT2D eigenvalue weighted by Gasteiger charge is -2.11. The van der Waals surface area contributed by atoms with E-state index in [0.29, 0.717) is 11.3 Å². The molecular formula is C19H18N4O3S. The van der Waals surface area contributed by atoms with Gasteiger partial charge in [-0.3, -0.25) is 19.5 Å². The van der Waals surface area contributed by atoms with Crippen LogP contribution in [-0.2, 0) is 4.79 Å². The fourth-order valence-electron chi connectivity index (χ4n) is 2.63. The first-order valence-corrected chi connectivity index (χ1v) is 9.21. The van der Waals surface area contributed by atoms with Crippen molar-refractivity contribution in [2.45, 2.75) is 19.0 Å². The molecule has 8 heteroatoms. The molecule has 0 saturated heterocycles. The molecule has 0 fully saturated rings. The number of hydrogen-bond acceptors (Lipinski definition) is 5. The molecule has 0 radical (unpaired) electrons. The molecule has 1 N–H and O–H groups in total. The average molecular weight is 382 g/mol. The predicted molar refractivity (Wildman–Crippen MR) is 105 cm³/mol. The van der Waals surface area contributed by atoms with E-state index in [0.717, 1.165) is 16.4 Å². The summed E-state index contributed by atoms with van der Waals surface area (Å²) in [5, 5.41) is 14.3. The highest BCUT2D eigenvalue weighted by atomic mass is 32.2. The fraction of sp³-hybridized carbons (Fsp3) is 0.158. The van der Waals surface area contributed by atoms with Crippen LogP contribution in [0.1, 0.15) is 11.1 Å². The second-order valence-corrected chi connectivity index (χ2v) is 6.90. The average Bonchev–Trinajstić information content (AvgIpc) is 3.10. The Balaban J connectivity index is 1.67. The molecule has 3 aromatic rings. The molecule has 0 saturated carbocycles. The number of rotatable bonds is 6. The van der Waals surface area contributed by atoms with Crippen LogP contribution in [0, 0.1) is 24.0 Å². The Morgan fingerprint density at radius 2 is 2.00 bits per heavy atom. The number of thioether (sulfide) groups is 1. The summed E-state index contributed by atoms with van der Waals surface area (Å²) in [7, 11) is 0. The molecule has 1 aromatic heterocycles. The van der Waals surface area contributed by atoms with Crippen LogP contribution in [0.15, 0.2) is 60.0 Å². The van der Waals surface area contributed by atoms with E-state index >= 15 is 0 Å².